The maximum absolute atomic E-state index is 10.8. The molecule has 54 valence electrons. The largest absolute Gasteiger partial charge is 0.323 e. The molecule has 0 atom stereocenters. The molecule has 1 aromatic rings. The van der Waals surface area contributed by atoms with E-state index in [0.717, 1.165) is 10.7 Å². The molecule has 0 saturated carbocycles. The van der Waals surface area contributed by atoms with E-state index >= 15 is 0 Å². The van der Waals surface area contributed by atoms with Crippen molar-refractivity contribution < 1.29 is 0 Å². The maximum Gasteiger partial charge on any atom is 0.323 e. The molecule has 0 spiro atoms. The van der Waals surface area contributed by atoms with Gasteiger partial charge >= 0.3 is 5.69 Å². The highest BCUT2D eigenvalue weighted by Crippen LogP contribution is 1.54. The number of nitrogens with one attached hydrogen (secondary N) is 2. The number of imidazole rings is 1. The Balaban J connectivity index is 2.99. The van der Waals surface area contributed by atoms with E-state index in [9.17, 15) is 4.79 Å². The lowest BCUT2D eigenvalue weighted by Gasteiger charge is -1.66. The number of aromatic nitrogens is 2. The molecule has 0 bridgehead atoms. The van der Waals surface area contributed by atoms with Gasteiger partial charge < -0.3 is 9.97 Å². The van der Waals surface area contributed by atoms with Crippen molar-refractivity contribution in [3.63, 3.8) is 0 Å². The molecule has 2 N–H and O–H groups in total. The molecule has 0 amide bonds. The molecule has 1 aliphatic heterocycles. The smallest absolute Gasteiger partial charge is 0.305 e. The summed E-state index contributed by atoms with van der Waals surface area (Å²) in [4.78, 5) is 16.0. The van der Waals surface area contributed by atoms with Gasteiger partial charge in [0.15, 0.2) is 0 Å². The van der Waals surface area contributed by atoms with E-state index in [1.165, 1.54) is 0 Å². The second-order valence-corrected chi connectivity index (χ2v) is 2.19. The van der Waals surface area contributed by atoms with Crippen molar-refractivity contribution >= 4 is 24.6 Å². The average Bonchev–Trinajstić information content (AvgIpc) is 2.17. The molecule has 1 aliphatic rings. The summed E-state index contributed by atoms with van der Waals surface area (Å²) < 4.78 is 3.88. The summed E-state index contributed by atoms with van der Waals surface area (Å²) in [5, 5.41) is 1.54. The van der Waals surface area contributed by atoms with Crippen LogP contribution in [0.2, 0.25) is 0 Å². The van der Waals surface area contributed by atoms with Gasteiger partial charge in [-0.3, -0.25) is 0 Å². The van der Waals surface area contributed by atoms with Crippen molar-refractivity contribution in [3.8, 4) is 0 Å². The molecule has 0 radical (unpaired) electrons. The summed E-state index contributed by atoms with van der Waals surface area (Å²) in [6.45, 7) is 0. The molecule has 0 unspecified atom stereocenters. The molecular formula is C7H6N3O+. The molecular weight excluding hydrogens is 142 g/mol. The molecule has 0 fully saturated rings. The zero-order chi connectivity index (χ0) is 7.68. The quantitative estimate of drug-likeness (QED) is 0.392. The lowest BCUT2D eigenvalue weighted by molar-refractivity contribution is 1.17. The molecule has 2 heterocycles. The Morgan fingerprint density at radius 1 is 1.09 bits per heavy atom. The van der Waals surface area contributed by atoms with E-state index < -0.39 is 0 Å². The minimum absolute atomic E-state index is 0.189. The first-order chi connectivity index (χ1) is 5.36. The second kappa shape index (κ2) is 2.11. The highest BCUT2D eigenvalue weighted by molar-refractivity contribution is 5.98. The molecule has 0 aliphatic carbocycles. The van der Waals surface area contributed by atoms with Crippen LogP contribution in [0.1, 0.15) is 0 Å². The number of nitrogens with zero attached hydrogens (tertiary/aromatic N) is 1. The van der Waals surface area contributed by atoms with Crippen molar-refractivity contribution in [2.24, 2.45) is 0 Å². The fourth-order valence-corrected chi connectivity index (χ4v) is 0.958. The predicted octanol–water partition coefficient (Wildman–Crippen LogP) is -2.51. The Morgan fingerprint density at radius 2 is 1.64 bits per heavy atom. The highest BCUT2D eigenvalue weighted by atomic mass is 16.1. The van der Waals surface area contributed by atoms with Crippen LogP contribution in [0.25, 0.3) is 12.2 Å². The third-order valence-electron chi connectivity index (χ3n) is 1.44. The van der Waals surface area contributed by atoms with Gasteiger partial charge in [0.2, 0.25) is 0 Å². The number of aromatic amines is 2. The van der Waals surface area contributed by atoms with Gasteiger partial charge in [-0.2, -0.15) is 0 Å². The number of hydrogen-bond acceptors (Lipinski definition) is 1. The average molecular weight is 148 g/mol. The van der Waals surface area contributed by atoms with Gasteiger partial charge in [-0.15, -0.1) is 4.67 Å². The summed E-state index contributed by atoms with van der Waals surface area (Å²) in [5.41, 5.74) is -0.189. The Bertz CT molecular complexity index is 456. The summed E-state index contributed by atoms with van der Waals surface area (Å²) in [6, 6.07) is 0. The predicted molar refractivity (Wildman–Crippen MR) is 43.9 cm³/mol. The summed E-state index contributed by atoms with van der Waals surface area (Å²) in [6.07, 6.45) is 6.75. The Hall–Kier alpha value is -1.80. The monoisotopic (exact) mass is 148 g/mol. The van der Waals surface area contributed by atoms with E-state index in [4.69, 9.17) is 0 Å². The van der Waals surface area contributed by atoms with E-state index in [1.54, 1.807) is 24.6 Å². The fraction of sp³-hybridized carbons (Fsp3) is 0. The van der Waals surface area contributed by atoms with Crippen LogP contribution in [0.4, 0.5) is 0 Å². The van der Waals surface area contributed by atoms with Gasteiger partial charge in [-0.25, -0.2) is 4.79 Å². The first-order valence-electron chi connectivity index (χ1n) is 3.21. The summed E-state index contributed by atoms with van der Waals surface area (Å²) in [7, 11) is 0. The van der Waals surface area contributed by atoms with Crippen LogP contribution in [0.15, 0.2) is 4.79 Å². The van der Waals surface area contributed by atoms with Crippen LogP contribution < -0.4 is 21.1 Å². The zero-order valence-electron chi connectivity index (χ0n) is 5.66. The van der Waals surface area contributed by atoms with Crippen molar-refractivity contribution in [1.82, 2.24) is 14.6 Å². The minimum atomic E-state index is -0.189. The van der Waals surface area contributed by atoms with Gasteiger partial charge in [-0.05, 0) is 0 Å². The Morgan fingerprint density at radius 3 is 2.18 bits per heavy atom. The first kappa shape index (κ1) is 5.95. The molecule has 11 heavy (non-hydrogen) atoms. The highest BCUT2D eigenvalue weighted by Gasteiger charge is 1.93. The summed E-state index contributed by atoms with van der Waals surface area (Å²) >= 11 is 0. The lowest BCUT2D eigenvalue weighted by atomic mass is 10.5. The summed E-state index contributed by atoms with van der Waals surface area (Å²) in [5.74, 6) is 0. The van der Waals surface area contributed by atoms with Crippen molar-refractivity contribution in [1.29, 1.82) is 0 Å². The first-order valence-corrected chi connectivity index (χ1v) is 3.21. The number of hydrogen-bond donors (Lipinski definition) is 2. The number of rotatable bonds is 0. The third kappa shape index (κ3) is 0.952. The zero-order valence-corrected chi connectivity index (χ0v) is 5.66. The number of fused-ring (bicyclic) bond motifs is 1. The fourth-order valence-electron chi connectivity index (χ4n) is 0.958. The Kier molecular flexibility index (Phi) is 1.14. The topological polar surface area (TPSA) is 62.8 Å². The normalized spacial score (nSPS) is 13.1. The molecule has 0 saturated heterocycles. The van der Waals surface area contributed by atoms with E-state index in [1.807, 2.05) is 0 Å². The lowest BCUT2D eigenvalue weighted by Crippen LogP contribution is -2.23. The second-order valence-electron chi connectivity index (χ2n) is 2.19. The molecule has 4 heteroatoms. The van der Waals surface area contributed by atoms with Crippen molar-refractivity contribution in [2.45, 2.75) is 0 Å². The van der Waals surface area contributed by atoms with Crippen molar-refractivity contribution in [2.75, 3.05) is 0 Å². The van der Waals surface area contributed by atoms with Gasteiger partial charge in [0.25, 0.3) is 12.4 Å². The van der Waals surface area contributed by atoms with Crippen LogP contribution in [0, 0.1) is 0 Å². The standard InChI is InChI=1S/C7H5N3O/c11-7-9-5-1-3-8-4-2-6(5)10-7/h1-4H,(H,8,9,10,11)/p+1. The molecule has 2 rings (SSSR count). The van der Waals surface area contributed by atoms with Gasteiger partial charge in [0.05, 0.1) is 10.7 Å². The van der Waals surface area contributed by atoms with Crippen LogP contribution in [0.3, 0.4) is 0 Å². The minimum Gasteiger partial charge on any atom is -0.305 e. The van der Waals surface area contributed by atoms with Crippen LogP contribution in [-0.2, 0) is 0 Å². The van der Waals surface area contributed by atoms with E-state index in [2.05, 4.69) is 14.6 Å². The van der Waals surface area contributed by atoms with Gasteiger partial charge in [-0.1, -0.05) is 0 Å². The maximum atomic E-state index is 10.8. The van der Waals surface area contributed by atoms with Crippen LogP contribution >= 0.6 is 0 Å². The third-order valence-corrected chi connectivity index (χ3v) is 1.44. The van der Waals surface area contributed by atoms with Crippen LogP contribution in [-0.4, -0.2) is 22.4 Å². The van der Waals surface area contributed by atoms with Crippen molar-refractivity contribution in [3.05, 3.63) is 21.2 Å². The SMILES string of the molecule is O=c1[nH]c2c([nH]1)=CC=[N+]=CC=2. The molecule has 1 aromatic heterocycles. The van der Waals surface area contributed by atoms with Gasteiger partial charge in [0, 0.05) is 12.2 Å². The van der Waals surface area contributed by atoms with Crippen LogP contribution in [0.5, 0.6) is 0 Å². The van der Waals surface area contributed by atoms with E-state index in [-0.39, 0.29) is 5.69 Å². The van der Waals surface area contributed by atoms with E-state index in [0.29, 0.717) is 0 Å². The molecule has 0 aromatic carbocycles. The molecule has 4 nitrogen and oxygen atoms in total. The van der Waals surface area contributed by atoms with Gasteiger partial charge in [0.1, 0.15) is 0 Å². The number of H-pyrrole nitrogens is 2. The Labute approximate surface area is 61.3 Å².